The van der Waals surface area contributed by atoms with Gasteiger partial charge >= 0.3 is 0 Å². The van der Waals surface area contributed by atoms with Crippen molar-refractivity contribution in [3.05, 3.63) is 12.2 Å². The molecule has 1 aliphatic heterocycles. The summed E-state index contributed by atoms with van der Waals surface area (Å²) in [5.41, 5.74) is 0. The minimum atomic E-state index is 0.770. The van der Waals surface area contributed by atoms with E-state index in [1.807, 2.05) is 0 Å². The maximum absolute atomic E-state index is 2.35. The van der Waals surface area contributed by atoms with Crippen LogP contribution in [0.2, 0.25) is 0 Å². The molecule has 0 bridgehead atoms. The zero-order chi connectivity index (χ0) is 7.23. The summed E-state index contributed by atoms with van der Waals surface area (Å²) < 4.78 is 0.770. The smallest absolute Gasteiger partial charge is 0.0682 e. The molecule has 58 valence electrons. The average molecular weight is 174 g/mol. The van der Waals surface area contributed by atoms with Gasteiger partial charge in [-0.15, -0.1) is 23.5 Å². The average Bonchev–Trinajstić information content (AvgIpc) is 2.41. The maximum atomic E-state index is 2.35. The minimum Gasteiger partial charge on any atom is -0.143 e. The van der Waals surface area contributed by atoms with Crippen LogP contribution >= 0.6 is 23.5 Å². The minimum absolute atomic E-state index is 0.770. The van der Waals surface area contributed by atoms with Crippen LogP contribution in [0.1, 0.15) is 19.8 Å². The highest BCUT2D eigenvalue weighted by atomic mass is 32.2. The van der Waals surface area contributed by atoms with Gasteiger partial charge in [-0.3, -0.25) is 0 Å². The molecule has 0 nitrogen and oxygen atoms in total. The van der Waals surface area contributed by atoms with Crippen molar-refractivity contribution >= 4 is 23.5 Å². The molecule has 0 aromatic heterocycles. The van der Waals surface area contributed by atoms with E-state index in [4.69, 9.17) is 0 Å². The van der Waals surface area contributed by atoms with E-state index in [-0.39, 0.29) is 0 Å². The highest BCUT2D eigenvalue weighted by Gasteiger charge is 2.11. The van der Waals surface area contributed by atoms with E-state index in [9.17, 15) is 0 Å². The molecule has 2 heteroatoms. The van der Waals surface area contributed by atoms with Gasteiger partial charge in [0, 0.05) is 11.5 Å². The van der Waals surface area contributed by atoms with Crippen molar-refractivity contribution in [3.8, 4) is 0 Å². The van der Waals surface area contributed by atoms with Gasteiger partial charge in [-0.2, -0.15) is 0 Å². The molecule has 1 rings (SSSR count). The molecule has 0 N–H and O–H groups in total. The fraction of sp³-hybridized carbons (Fsp3) is 0.750. The van der Waals surface area contributed by atoms with Crippen LogP contribution < -0.4 is 0 Å². The van der Waals surface area contributed by atoms with E-state index in [1.54, 1.807) is 0 Å². The van der Waals surface area contributed by atoms with E-state index < -0.39 is 0 Å². The quantitative estimate of drug-likeness (QED) is 0.603. The molecule has 0 spiro atoms. The molecule has 1 saturated heterocycles. The molecule has 0 aromatic rings. The van der Waals surface area contributed by atoms with Crippen molar-refractivity contribution in [2.24, 2.45) is 0 Å². The topological polar surface area (TPSA) is 0 Å². The Bertz CT molecular complexity index is 104. The summed E-state index contributed by atoms with van der Waals surface area (Å²) in [6.07, 6.45) is 7.19. The van der Waals surface area contributed by atoms with Crippen LogP contribution in [-0.4, -0.2) is 16.1 Å². The van der Waals surface area contributed by atoms with Crippen LogP contribution in [0, 0.1) is 0 Å². The lowest BCUT2D eigenvalue weighted by Gasteiger charge is -1.97. The van der Waals surface area contributed by atoms with Crippen LogP contribution in [0.3, 0.4) is 0 Å². The van der Waals surface area contributed by atoms with Crippen molar-refractivity contribution in [2.45, 2.75) is 24.3 Å². The zero-order valence-electron chi connectivity index (χ0n) is 6.38. The SMILES string of the molecule is CCC/C=C/C1SCCS1. The number of thioether (sulfide) groups is 2. The molecule has 0 radical (unpaired) electrons. The van der Waals surface area contributed by atoms with Crippen molar-refractivity contribution in [3.63, 3.8) is 0 Å². The van der Waals surface area contributed by atoms with Crippen LogP contribution in [0.5, 0.6) is 0 Å². The summed E-state index contributed by atoms with van der Waals surface area (Å²) in [4.78, 5) is 0. The first-order valence-electron chi connectivity index (χ1n) is 3.83. The maximum Gasteiger partial charge on any atom is 0.0682 e. The monoisotopic (exact) mass is 174 g/mol. The summed E-state index contributed by atoms with van der Waals surface area (Å²) in [7, 11) is 0. The van der Waals surface area contributed by atoms with Crippen molar-refractivity contribution in [2.75, 3.05) is 11.5 Å². The number of hydrogen-bond donors (Lipinski definition) is 0. The molecule has 0 atom stereocenters. The van der Waals surface area contributed by atoms with Crippen LogP contribution in [-0.2, 0) is 0 Å². The Hall–Kier alpha value is 0.440. The van der Waals surface area contributed by atoms with Gasteiger partial charge in [-0.05, 0) is 6.42 Å². The van der Waals surface area contributed by atoms with Gasteiger partial charge in [0.1, 0.15) is 0 Å². The Morgan fingerprint density at radius 2 is 2.10 bits per heavy atom. The third-order valence-electron chi connectivity index (χ3n) is 1.40. The van der Waals surface area contributed by atoms with Crippen LogP contribution in [0.15, 0.2) is 12.2 Å². The first-order chi connectivity index (χ1) is 4.93. The third kappa shape index (κ3) is 3.02. The standard InChI is InChI=1S/C8H14S2/c1-2-3-4-5-8-9-6-7-10-8/h4-5,8H,2-3,6-7H2,1H3/b5-4+. The molecule has 0 aliphatic carbocycles. The van der Waals surface area contributed by atoms with E-state index >= 15 is 0 Å². The summed E-state index contributed by atoms with van der Waals surface area (Å²) in [5, 5.41) is 0. The third-order valence-corrected chi connectivity index (χ3v) is 4.32. The lowest BCUT2D eigenvalue weighted by atomic mass is 10.3. The van der Waals surface area contributed by atoms with E-state index in [0.29, 0.717) is 0 Å². The molecule has 1 heterocycles. The largest absolute Gasteiger partial charge is 0.143 e. The lowest BCUT2D eigenvalue weighted by molar-refractivity contribution is 0.957. The fourth-order valence-corrected chi connectivity index (χ4v) is 3.50. The van der Waals surface area contributed by atoms with Gasteiger partial charge in [-0.1, -0.05) is 25.5 Å². The van der Waals surface area contributed by atoms with Crippen LogP contribution in [0.4, 0.5) is 0 Å². The molecule has 1 aliphatic rings. The summed E-state index contributed by atoms with van der Waals surface area (Å²) in [5.74, 6) is 2.68. The number of unbranched alkanes of at least 4 members (excludes halogenated alkanes) is 1. The molecule has 0 amide bonds. The Morgan fingerprint density at radius 1 is 1.40 bits per heavy atom. The van der Waals surface area contributed by atoms with Crippen LogP contribution in [0.25, 0.3) is 0 Å². The molecule has 0 unspecified atom stereocenters. The van der Waals surface area contributed by atoms with Gasteiger partial charge < -0.3 is 0 Å². The molecular weight excluding hydrogens is 160 g/mol. The second-order valence-corrected chi connectivity index (χ2v) is 5.12. The predicted molar refractivity (Wildman–Crippen MR) is 52.8 cm³/mol. The van der Waals surface area contributed by atoms with Crippen molar-refractivity contribution < 1.29 is 0 Å². The Labute approximate surface area is 71.8 Å². The van der Waals surface area contributed by atoms with Gasteiger partial charge in [0.05, 0.1) is 4.58 Å². The lowest BCUT2D eigenvalue weighted by Crippen LogP contribution is -1.81. The molecule has 0 saturated carbocycles. The van der Waals surface area contributed by atoms with E-state index in [2.05, 4.69) is 42.6 Å². The van der Waals surface area contributed by atoms with Gasteiger partial charge in [0.2, 0.25) is 0 Å². The van der Waals surface area contributed by atoms with Gasteiger partial charge in [-0.25, -0.2) is 0 Å². The highest BCUT2D eigenvalue weighted by Crippen LogP contribution is 2.32. The molecule has 1 fully saturated rings. The molecule has 0 aromatic carbocycles. The number of allylic oxidation sites excluding steroid dienone is 1. The fourth-order valence-electron chi connectivity index (χ4n) is 0.862. The van der Waals surface area contributed by atoms with Crippen molar-refractivity contribution in [1.29, 1.82) is 0 Å². The summed E-state index contributed by atoms with van der Waals surface area (Å²) >= 11 is 4.14. The predicted octanol–water partition coefficient (Wildman–Crippen LogP) is 3.15. The summed E-state index contributed by atoms with van der Waals surface area (Å²) in [6.45, 7) is 2.22. The first-order valence-corrected chi connectivity index (χ1v) is 5.93. The van der Waals surface area contributed by atoms with Crippen molar-refractivity contribution in [1.82, 2.24) is 0 Å². The van der Waals surface area contributed by atoms with Gasteiger partial charge in [0.25, 0.3) is 0 Å². The first kappa shape index (κ1) is 8.54. The second-order valence-electron chi connectivity index (χ2n) is 2.33. The molecule has 10 heavy (non-hydrogen) atoms. The zero-order valence-corrected chi connectivity index (χ0v) is 8.01. The van der Waals surface area contributed by atoms with E-state index in [1.165, 1.54) is 24.3 Å². The summed E-state index contributed by atoms with van der Waals surface area (Å²) in [6, 6.07) is 0. The van der Waals surface area contributed by atoms with E-state index in [0.717, 1.165) is 4.58 Å². The van der Waals surface area contributed by atoms with Gasteiger partial charge in [0.15, 0.2) is 0 Å². The Kier molecular flexibility index (Phi) is 4.39. The highest BCUT2D eigenvalue weighted by molar-refractivity contribution is 8.20. The normalized spacial score (nSPS) is 20.9. The number of rotatable bonds is 3. The second kappa shape index (κ2) is 5.14. The molecular formula is C8H14S2. The Balaban J connectivity index is 2.10. The Morgan fingerprint density at radius 3 is 2.70 bits per heavy atom. The number of hydrogen-bond acceptors (Lipinski definition) is 2.